The van der Waals surface area contributed by atoms with Gasteiger partial charge in [0.2, 0.25) is 0 Å². The zero-order valence-corrected chi connectivity index (χ0v) is 21.1. The first-order valence-electron chi connectivity index (χ1n) is 10.2. The summed E-state index contributed by atoms with van der Waals surface area (Å²) in [6.45, 7) is 1.75. The molecule has 0 saturated carbocycles. The van der Waals surface area contributed by atoms with E-state index in [1.807, 2.05) is 37.3 Å². The standard InChI is InChI=1S/C24H21BrN4O4S/c1-14-20(16-7-5-4-6-8-16)21-23(34-14)26-13-29(24(21)31)12-19(30)28-27-11-15-9-17(25)22(33-3)18(10-15)32-2/h4-11,13H,12H2,1-3H3,(H,28,30)/b27-11+. The van der Waals surface area contributed by atoms with Gasteiger partial charge in [0.1, 0.15) is 11.4 Å². The van der Waals surface area contributed by atoms with Crippen molar-refractivity contribution in [1.29, 1.82) is 0 Å². The van der Waals surface area contributed by atoms with E-state index in [-0.39, 0.29) is 12.1 Å². The molecule has 10 heteroatoms. The van der Waals surface area contributed by atoms with Crippen LogP contribution in [0.15, 0.2) is 63.2 Å². The largest absolute Gasteiger partial charge is 0.493 e. The van der Waals surface area contributed by atoms with Crippen molar-refractivity contribution in [3.8, 4) is 22.6 Å². The van der Waals surface area contributed by atoms with Gasteiger partial charge in [0, 0.05) is 10.4 Å². The molecule has 34 heavy (non-hydrogen) atoms. The van der Waals surface area contributed by atoms with Crippen LogP contribution in [0.1, 0.15) is 10.4 Å². The van der Waals surface area contributed by atoms with Crippen molar-refractivity contribution in [2.24, 2.45) is 5.10 Å². The topological polar surface area (TPSA) is 94.8 Å². The fraction of sp³-hybridized carbons (Fsp3) is 0.167. The Hall–Kier alpha value is -3.50. The summed E-state index contributed by atoms with van der Waals surface area (Å²) in [6.07, 6.45) is 2.87. The van der Waals surface area contributed by atoms with E-state index in [0.717, 1.165) is 16.0 Å². The summed E-state index contributed by atoms with van der Waals surface area (Å²) in [5.41, 5.74) is 4.66. The third-order valence-electron chi connectivity index (χ3n) is 5.09. The summed E-state index contributed by atoms with van der Waals surface area (Å²) in [7, 11) is 3.08. The number of hydrogen-bond donors (Lipinski definition) is 1. The zero-order chi connectivity index (χ0) is 24.2. The minimum atomic E-state index is -0.452. The number of nitrogens with zero attached hydrogens (tertiary/aromatic N) is 3. The van der Waals surface area contributed by atoms with Crippen molar-refractivity contribution < 1.29 is 14.3 Å². The van der Waals surface area contributed by atoms with Crippen LogP contribution in [0.25, 0.3) is 21.3 Å². The Labute approximate surface area is 208 Å². The Morgan fingerprint density at radius 1 is 1.24 bits per heavy atom. The van der Waals surface area contributed by atoms with E-state index in [0.29, 0.717) is 31.8 Å². The molecular weight excluding hydrogens is 520 g/mol. The lowest BCUT2D eigenvalue weighted by Crippen LogP contribution is -2.30. The second-order valence-corrected chi connectivity index (χ2v) is 9.35. The number of carbonyl (C=O) groups excluding carboxylic acids is 1. The molecule has 0 saturated heterocycles. The SMILES string of the molecule is COc1cc(/C=N/NC(=O)Cn2cnc3sc(C)c(-c4ccccc4)c3c2=O)cc(Br)c1OC. The summed E-state index contributed by atoms with van der Waals surface area (Å²) in [6, 6.07) is 13.2. The van der Waals surface area contributed by atoms with E-state index in [1.54, 1.807) is 19.2 Å². The predicted molar refractivity (Wildman–Crippen MR) is 137 cm³/mol. The quantitative estimate of drug-likeness (QED) is 0.277. The molecule has 174 valence electrons. The third-order valence-corrected chi connectivity index (χ3v) is 6.69. The molecule has 0 bridgehead atoms. The molecule has 4 rings (SSSR count). The average Bonchev–Trinajstić information content (AvgIpc) is 3.17. The molecule has 0 fully saturated rings. The number of hydrazone groups is 1. The fourth-order valence-corrected chi connectivity index (χ4v) is 5.21. The van der Waals surface area contributed by atoms with Crippen LogP contribution in [0.2, 0.25) is 0 Å². The minimum absolute atomic E-state index is 0.210. The summed E-state index contributed by atoms with van der Waals surface area (Å²) in [5, 5.41) is 4.51. The molecule has 0 spiro atoms. The van der Waals surface area contributed by atoms with Gasteiger partial charge in [0.15, 0.2) is 11.5 Å². The van der Waals surface area contributed by atoms with Crippen LogP contribution in [-0.2, 0) is 11.3 Å². The number of aryl methyl sites for hydroxylation is 1. The van der Waals surface area contributed by atoms with E-state index in [9.17, 15) is 9.59 Å². The summed E-state index contributed by atoms with van der Waals surface area (Å²) in [4.78, 5) is 31.7. The number of hydrogen-bond acceptors (Lipinski definition) is 7. The molecule has 0 unspecified atom stereocenters. The van der Waals surface area contributed by atoms with Gasteiger partial charge >= 0.3 is 0 Å². The molecule has 0 aliphatic rings. The first-order chi connectivity index (χ1) is 16.4. The Morgan fingerprint density at radius 3 is 2.71 bits per heavy atom. The molecule has 0 aliphatic carbocycles. The second kappa shape index (κ2) is 10.2. The number of ether oxygens (including phenoxy) is 2. The molecule has 1 N–H and O–H groups in total. The van der Waals surface area contributed by atoms with Crippen molar-refractivity contribution in [1.82, 2.24) is 15.0 Å². The molecule has 0 aliphatic heterocycles. The van der Waals surface area contributed by atoms with Crippen LogP contribution in [0.3, 0.4) is 0 Å². The van der Waals surface area contributed by atoms with Crippen LogP contribution >= 0.6 is 27.3 Å². The van der Waals surface area contributed by atoms with Crippen molar-refractivity contribution in [3.05, 3.63) is 74.1 Å². The zero-order valence-electron chi connectivity index (χ0n) is 18.7. The smallest absolute Gasteiger partial charge is 0.263 e. The number of fused-ring (bicyclic) bond motifs is 1. The fourth-order valence-electron chi connectivity index (χ4n) is 3.58. The van der Waals surface area contributed by atoms with Gasteiger partial charge in [-0.05, 0) is 46.1 Å². The number of aromatic nitrogens is 2. The first-order valence-corrected chi connectivity index (χ1v) is 11.8. The molecule has 0 atom stereocenters. The normalized spacial score (nSPS) is 11.2. The van der Waals surface area contributed by atoms with Crippen LogP contribution < -0.4 is 20.5 Å². The van der Waals surface area contributed by atoms with Crippen molar-refractivity contribution in [2.75, 3.05) is 14.2 Å². The highest BCUT2D eigenvalue weighted by atomic mass is 79.9. The number of carbonyl (C=O) groups is 1. The average molecular weight is 541 g/mol. The maximum absolute atomic E-state index is 13.2. The number of amides is 1. The third kappa shape index (κ3) is 4.73. The predicted octanol–water partition coefficient (Wildman–Crippen LogP) is 4.36. The molecule has 2 aromatic carbocycles. The van der Waals surface area contributed by atoms with E-state index in [2.05, 4.69) is 31.4 Å². The minimum Gasteiger partial charge on any atom is -0.493 e. The van der Waals surface area contributed by atoms with Gasteiger partial charge in [-0.15, -0.1) is 11.3 Å². The number of rotatable bonds is 7. The molecule has 8 nitrogen and oxygen atoms in total. The molecule has 2 heterocycles. The van der Waals surface area contributed by atoms with Gasteiger partial charge in [0.25, 0.3) is 11.5 Å². The molecule has 1 amide bonds. The van der Waals surface area contributed by atoms with E-state index in [1.165, 1.54) is 35.6 Å². The lowest BCUT2D eigenvalue weighted by atomic mass is 10.0. The molecule has 0 radical (unpaired) electrons. The number of benzene rings is 2. The lowest BCUT2D eigenvalue weighted by molar-refractivity contribution is -0.121. The lowest BCUT2D eigenvalue weighted by Gasteiger charge is -2.10. The van der Waals surface area contributed by atoms with Crippen molar-refractivity contribution >= 4 is 49.6 Å². The van der Waals surface area contributed by atoms with Gasteiger partial charge < -0.3 is 9.47 Å². The van der Waals surface area contributed by atoms with Crippen molar-refractivity contribution in [3.63, 3.8) is 0 Å². The highest BCUT2D eigenvalue weighted by molar-refractivity contribution is 9.10. The van der Waals surface area contributed by atoms with Gasteiger partial charge in [-0.3, -0.25) is 14.2 Å². The second-order valence-electron chi connectivity index (χ2n) is 7.29. The Kier molecular flexibility index (Phi) is 7.09. The summed E-state index contributed by atoms with van der Waals surface area (Å²) in [5.74, 6) is 0.632. The first kappa shape index (κ1) is 23.7. The Bertz CT molecular complexity index is 1450. The van der Waals surface area contributed by atoms with Gasteiger partial charge in [-0.1, -0.05) is 30.3 Å². The van der Waals surface area contributed by atoms with Gasteiger partial charge in [0.05, 0.1) is 36.6 Å². The van der Waals surface area contributed by atoms with Crippen LogP contribution in [0.4, 0.5) is 0 Å². The Balaban J connectivity index is 1.54. The van der Waals surface area contributed by atoms with Crippen LogP contribution in [-0.4, -0.2) is 35.9 Å². The number of nitrogens with one attached hydrogen (secondary N) is 1. The van der Waals surface area contributed by atoms with E-state index < -0.39 is 5.91 Å². The van der Waals surface area contributed by atoms with Crippen LogP contribution in [0.5, 0.6) is 11.5 Å². The number of thiophene rings is 1. The molecular formula is C24H21BrN4O4S. The molecule has 2 aromatic heterocycles. The maximum atomic E-state index is 13.2. The maximum Gasteiger partial charge on any atom is 0.263 e. The molecule has 4 aromatic rings. The van der Waals surface area contributed by atoms with Gasteiger partial charge in [-0.2, -0.15) is 5.10 Å². The van der Waals surface area contributed by atoms with Gasteiger partial charge in [-0.25, -0.2) is 10.4 Å². The number of halogens is 1. The number of methoxy groups -OCH3 is 2. The van der Waals surface area contributed by atoms with E-state index >= 15 is 0 Å². The summed E-state index contributed by atoms with van der Waals surface area (Å²) < 4.78 is 12.6. The van der Waals surface area contributed by atoms with Crippen molar-refractivity contribution in [2.45, 2.75) is 13.5 Å². The highest BCUT2D eigenvalue weighted by Crippen LogP contribution is 2.36. The van der Waals surface area contributed by atoms with E-state index in [4.69, 9.17) is 9.47 Å². The Morgan fingerprint density at radius 2 is 2.00 bits per heavy atom. The highest BCUT2D eigenvalue weighted by Gasteiger charge is 2.17. The monoisotopic (exact) mass is 540 g/mol. The van der Waals surface area contributed by atoms with Crippen LogP contribution in [0, 0.1) is 6.92 Å². The summed E-state index contributed by atoms with van der Waals surface area (Å²) >= 11 is 4.88.